The molecule has 32 heavy (non-hydrogen) atoms. The molecule has 7 atom stereocenters. The molecule has 2 fully saturated rings. The Balaban J connectivity index is 2.02. The van der Waals surface area contributed by atoms with Gasteiger partial charge in [-0.1, -0.05) is 18.7 Å². The minimum Gasteiger partial charge on any atom is -0.507 e. The van der Waals surface area contributed by atoms with Gasteiger partial charge < -0.3 is 36.2 Å². The first kappa shape index (κ1) is 22.2. The Morgan fingerprint density at radius 2 is 1.78 bits per heavy atom. The molecule has 1 aromatic carbocycles. The third-order valence-corrected chi connectivity index (χ3v) is 6.97. The molecule has 0 bridgehead atoms. The number of aliphatic hydroxyl groups excluding tert-OH is 3. The van der Waals surface area contributed by atoms with Gasteiger partial charge in [0.25, 0.3) is 0 Å². The summed E-state index contributed by atoms with van der Waals surface area (Å²) in [6.07, 6.45) is -3.35. The summed E-state index contributed by atoms with van der Waals surface area (Å²) in [6, 6.07) is 3.10. The summed E-state index contributed by atoms with van der Waals surface area (Å²) in [5.74, 6) is -9.59. The lowest BCUT2D eigenvalue weighted by molar-refractivity contribution is -0.196. The van der Waals surface area contributed by atoms with Crippen LogP contribution in [-0.2, 0) is 14.4 Å². The second-order valence-corrected chi connectivity index (χ2v) is 8.77. The van der Waals surface area contributed by atoms with Crippen molar-refractivity contribution in [2.75, 3.05) is 14.1 Å². The number of hydrogen-bond donors (Lipinski definition) is 6. The van der Waals surface area contributed by atoms with E-state index < -0.39 is 70.4 Å². The number of amides is 1. The summed E-state index contributed by atoms with van der Waals surface area (Å²) >= 11 is 0. The van der Waals surface area contributed by atoms with Crippen molar-refractivity contribution < 1.29 is 39.9 Å². The van der Waals surface area contributed by atoms with Crippen LogP contribution in [0.2, 0.25) is 0 Å². The van der Waals surface area contributed by atoms with Gasteiger partial charge in [-0.05, 0) is 31.3 Å². The van der Waals surface area contributed by atoms with E-state index in [4.69, 9.17) is 5.73 Å². The van der Waals surface area contributed by atoms with Crippen molar-refractivity contribution in [2.24, 2.45) is 23.5 Å². The van der Waals surface area contributed by atoms with E-state index in [2.05, 4.69) is 6.58 Å². The first-order valence-corrected chi connectivity index (χ1v) is 9.95. The van der Waals surface area contributed by atoms with Crippen molar-refractivity contribution in [1.82, 2.24) is 4.90 Å². The van der Waals surface area contributed by atoms with E-state index in [1.54, 1.807) is 0 Å². The number of Topliss-reactive ketones (excluding diaryl/α,β-unsaturated/α-hetero) is 2. The van der Waals surface area contributed by atoms with E-state index in [9.17, 15) is 39.9 Å². The molecule has 7 N–H and O–H groups in total. The van der Waals surface area contributed by atoms with Crippen LogP contribution in [0.5, 0.6) is 5.75 Å². The van der Waals surface area contributed by atoms with Crippen LogP contribution in [0.1, 0.15) is 11.1 Å². The van der Waals surface area contributed by atoms with Gasteiger partial charge in [0.2, 0.25) is 11.7 Å². The highest BCUT2D eigenvalue weighted by molar-refractivity contribution is 6.26. The lowest BCUT2D eigenvalue weighted by atomic mass is 9.52. The minimum atomic E-state index is -2.95. The Hall–Kier alpha value is -3.05. The number of rotatable bonds is 2. The number of aliphatic hydroxyl groups is 4. The van der Waals surface area contributed by atoms with Gasteiger partial charge in [-0.2, -0.15) is 0 Å². The molecule has 2 saturated carbocycles. The largest absolute Gasteiger partial charge is 0.507 e. The third kappa shape index (κ3) is 2.51. The number of benzene rings is 1. The summed E-state index contributed by atoms with van der Waals surface area (Å²) in [5, 5.41) is 54.8. The number of aromatic hydroxyl groups is 1. The lowest BCUT2D eigenvalue weighted by Crippen LogP contribution is -2.76. The number of hydrogen-bond acceptors (Lipinski definition) is 9. The van der Waals surface area contributed by atoms with Crippen molar-refractivity contribution >= 4 is 28.8 Å². The molecule has 10 heteroatoms. The fraction of sp³-hybridized carbons (Fsp3) is 0.409. The normalized spacial score (nSPS) is 36.6. The molecule has 4 rings (SSSR count). The number of phenols is 1. The molecule has 1 amide bonds. The van der Waals surface area contributed by atoms with Crippen molar-refractivity contribution in [3.8, 4) is 5.75 Å². The summed E-state index contributed by atoms with van der Waals surface area (Å²) in [7, 11) is 2.98. The standard InChI is InChI=1S/C22H24N2O8/c1-7-8-5-4-6-9(25)11(8)16(26)12-10(7)17(27)14-15(24(2)3)18(28)13(21(23)31)20(30)22(14,32)19(12)29/h4-6,10,13-15,17-18,25-28,32H,1H2,2-3H3,(H2,23,31)/t10?,13?,14?,15-,17-,18?,22-/m0/s1. The van der Waals surface area contributed by atoms with Gasteiger partial charge in [0.1, 0.15) is 17.4 Å². The molecule has 4 unspecified atom stereocenters. The predicted octanol–water partition coefficient (Wildman–Crippen LogP) is -1.43. The maximum Gasteiger partial charge on any atom is 0.230 e. The first-order chi connectivity index (χ1) is 14.9. The van der Waals surface area contributed by atoms with Crippen LogP contribution in [0.15, 0.2) is 30.4 Å². The Bertz CT molecular complexity index is 1110. The van der Waals surface area contributed by atoms with Gasteiger partial charge in [-0.3, -0.25) is 14.4 Å². The highest BCUT2D eigenvalue weighted by atomic mass is 16.3. The van der Waals surface area contributed by atoms with Crippen molar-refractivity contribution in [2.45, 2.75) is 23.9 Å². The number of nitrogens with zero attached hydrogens (tertiary/aromatic N) is 1. The highest BCUT2D eigenvalue weighted by Crippen LogP contribution is 2.55. The number of carbonyl (C=O) groups is 3. The van der Waals surface area contributed by atoms with E-state index in [0.717, 1.165) is 0 Å². The van der Waals surface area contributed by atoms with Crippen molar-refractivity contribution in [1.29, 1.82) is 0 Å². The Kier molecular flexibility index (Phi) is 4.83. The SMILES string of the molecule is C=C1c2cccc(O)c2C(O)=C2C(=O)[C@]3(O)C(=O)C(C(N)=O)C(O)[C@@H](N(C)C)C3[C@@H](O)C12. The maximum absolute atomic E-state index is 13.6. The van der Waals surface area contributed by atoms with Crippen LogP contribution in [-0.4, -0.2) is 85.9 Å². The quantitative estimate of drug-likeness (QED) is 0.298. The molecule has 0 radical (unpaired) electrons. The van der Waals surface area contributed by atoms with Crippen LogP contribution < -0.4 is 5.73 Å². The van der Waals surface area contributed by atoms with Gasteiger partial charge in [0.05, 0.1) is 23.3 Å². The number of fused-ring (bicyclic) bond motifs is 3. The van der Waals surface area contributed by atoms with E-state index in [1.807, 2.05) is 0 Å². The average molecular weight is 444 g/mol. The lowest BCUT2D eigenvalue weighted by Gasteiger charge is -2.55. The molecule has 0 aromatic heterocycles. The van der Waals surface area contributed by atoms with Gasteiger partial charge in [-0.15, -0.1) is 0 Å². The van der Waals surface area contributed by atoms with Gasteiger partial charge >= 0.3 is 0 Å². The number of primary amides is 1. The molecular weight excluding hydrogens is 420 g/mol. The van der Waals surface area contributed by atoms with E-state index >= 15 is 0 Å². The van der Waals surface area contributed by atoms with Crippen LogP contribution in [0.4, 0.5) is 0 Å². The first-order valence-electron chi connectivity index (χ1n) is 9.95. The van der Waals surface area contributed by atoms with E-state index in [-0.39, 0.29) is 22.4 Å². The molecule has 0 spiro atoms. The zero-order chi connectivity index (χ0) is 23.9. The fourth-order valence-corrected chi connectivity index (χ4v) is 5.57. The van der Waals surface area contributed by atoms with E-state index in [1.165, 1.54) is 37.2 Å². The Morgan fingerprint density at radius 3 is 2.34 bits per heavy atom. The molecule has 170 valence electrons. The fourth-order valence-electron chi connectivity index (χ4n) is 5.57. The summed E-state index contributed by atoms with van der Waals surface area (Å²) < 4.78 is 0. The zero-order valence-corrected chi connectivity index (χ0v) is 17.4. The Labute approximate surface area is 182 Å². The minimum absolute atomic E-state index is 0.120. The number of ketones is 2. The molecule has 0 aliphatic heterocycles. The van der Waals surface area contributed by atoms with E-state index in [0.29, 0.717) is 0 Å². The number of phenolic OH excluding ortho intramolecular Hbond substituents is 1. The highest BCUT2D eigenvalue weighted by Gasteiger charge is 2.70. The summed E-state index contributed by atoms with van der Waals surface area (Å²) in [5.41, 5.74) is 2.20. The number of likely N-dealkylation sites (N-methyl/N-ethyl adjacent to an activating group) is 1. The van der Waals surface area contributed by atoms with Crippen molar-refractivity contribution in [3.05, 3.63) is 41.5 Å². The van der Waals surface area contributed by atoms with Gasteiger partial charge in [-0.25, -0.2) is 0 Å². The topological polar surface area (TPSA) is 182 Å². The maximum atomic E-state index is 13.6. The molecule has 1 aromatic rings. The van der Waals surface area contributed by atoms with Crippen LogP contribution in [0.3, 0.4) is 0 Å². The molecular formula is C22H24N2O8. The van der Waals surface area contributed by atoms with Crippen LogP contribution in [0, 0.1) is 17.8 Å². The monoisotopic (exact) mass is 444 g/mol. The van der Waals surface area contributed by atoms with Crippen LogP contribution in [0.25, 0.3) is 11.3 Å². The molecule has 0 saturated heterocycles. The second-order valence-electron chi connectivity index (χ2n) is 8.77. The third-order valence-electron chi connectivity index (χ3n) is 6.97. The summed E-state index contributed by atoms with van der Waals surface area (Å²) in [4.78, 5) is 40.2. The van der Waals surface area contributed by atoms with Gasteiger partial charge in [0.15, 0.2) is 11.4 Å². The van der Waals surface area contributed by atoms with Gasteiger partial charge in [0, 0.05) is 17.9 Å². The molecule has 3 aliphatic rings. The smallest absolute Gasteiger partial charge is 0.230 e. The molecule has 3 aliphatic carbocycles. The molecule has 0 heterocycles. The number of nitrogens with two attached hydrogens (primary N) is 1. The number of carbonyl (C=O) groups excluding carboxylic acids is 3. The Morgan fingerprint density at radius 1 is 1.16 bits per heavy atom. The average Bonchev–Trinajstić information content (AvgIpc) is 2.70. The summed E-state index contributed by atoms with van der Waals surface area (Å²) in [6.45, 7) is 3.93. The second kappa shape index (κ2) is 6.97. The van der Waals surface area contributed by atoms with Crippen molar-refractivity contribution in [3.63, 3.8) is 0 Å². The van der Waals surface area contributed by atoms with Crippen LogP contribution >= 0.6 is 0 Å². The zero-order valence-electron chi connectivity index (χ0n) is 17.4. The molecule has 10 nitrogen and oxygen atoms in total. The predicted molar refractivity (Wildman–Crippen MR) is 111 cm³/mol.